The van der Waals surface area contributed by atoms with E-state index in [1.54, 1.807) is 0 Å². The molecule has 0 heterocycles. The first kappa shape index (κ1) is 6.40. The highest BCUT2D eigenvalue weighted by atomic mass is 16.1. The average molecular weight is 97.9 g/mol. The van der Waals surface area contributed by atoms with Crippen LogP contribution >= 0.6 is 0 Å². The van der Waals surface area contributed by atoms with E-state index in [1.807, 2.05) is 0 Å². The molecule has 0 atom stereocenters. The highest BCUT2D eigenvalue weighted by Gasteiger charge is 1.99. The first-order valence-corrected chi connectivity index (χ1v) is 2.12. The van der Waals surface area contributed by atoms with Crippen molar-refractivity contribution in [1.29, 1.82) is 0 Å². The second-order valence-electron chi connectivity index (χ2n) is 1.58. The summed E-state index contributed by atoms with van der Waals surface area (Å²) in [6.07, 6.45) is 0. The van der Waals surface area contributed by atoms with Crippen molar-refractivity contribution >= 4 is 18.6 Å². The maximum atomic E-state index is 10.0. The molecule has 7 heavy (non-hydrogen) atoms. The van der Waals surface area contributed by atoms with Crippen LogP contribution in [0.3, 0.4) is 0 Å². The molecule has 0 aliphatic carbocycles. The summed E-state index contributed by atoms with van der Waals surface area (Å²) in [5.41, 5.74) is -0.125. The van der Waals surface area contributed by atoms with Crippen LogP contribution in [0.15, 0.2) is 0 Å². The third-order valence-corrected chi connectivity index (χ3v) is 0.498. The van der Waals surface area contributed by atoms with Crippen molar-refractivity contribution in [3.63, 3.8) is 0 Å². The lowest BCUT2D eigenvalue weighted by Crippen LogP contribution is -2.12. The van der Waals surface area contributed by atoms with Gasteiger partial charge in [-0.25, -0.2) is 0 Å². The van der Waals surface area contributed by atoms with Crippen LogP contribution in [0.25, 0.3) is 0 Å². The van der Waals surface area contributed by atoms with E-state index >= 15 is 0 Å². The molecule has 2 nitrogen and oxygen atoms in total. The Kier molecular flexibility index (Phi) is 2.34. The Hall–Kier alpha value is -0.595. The van der Waals surface area contributed by atoms with Crippen LogP contribution in [0.5, 0.6) is 0 Å². The number of hydrogen-bond acceptors (Lipinski definition) is 2. The lowest BCUT2D eigenvalue weighted by Gasteiger charge is -1.78. The summed E-state index contributed by atoms with van der Waals surface area (Å²) in [5.74, 6) is 0. The normalized spacial score (nSPS) is 7.71. The standard InChI is InChI=1S/C4H7BO2/c1-3(6)5-4(2)7/h5H,1-2H3. The zero-order chi connectivity index (χ0) is 5.86. The fourth-order valence-corrected chi connectivity index (χ4v) is 0.351. The molecule has 0 aromatic rings. The van der Waals surface area contributed by atoms with Crippen molar-refractivity contribution < 1.29 is 9.59 Å². The van der Waals surface area contributed by atoms with E-state index in [-0.39, 0.29) is 18.6 Å². The lowest BCUT2D eigenvalue weighted by molar-refractivity contribution is -0.113. The van der Waals surface area contributed by atoms with Gasteiger partial charge in [0.05, 0.1) is 11.4 Å². The zero-order valence-electron chi connectivity index (χ0n) is 4.52. The Bertz CT molecular complexity index is 85.9. The van der Waals surface area contributed by atoms with Crippen LogP contribution in [0, 0.1) is 0 Å². The zero-order valence-corrected chi connectivity index (χ0v) is 4.52. The highest BCUT2D eigenvalue weighted by Crippen LogP contribution is 1.65. The number of carbonyl (C=O) groups excluding carboxylic acids is 2. The minimum Gasteiger partial charge on any atom is -0.311 e. The summed E-state index contributed by atoms with van der Waals surface area (Å²) in [6, 6.07) is 0. The molecular weight excluding hydrogens is 90.9 g/mol. The Morgan fingerprint density at radius 1 is 1.14 bits per heavy atom. The molecule has 0 N–H and O–H groups in total. The lowest BCUT2D eigenvalue weighted by atomic mass is 9.70. The number of hydrogen-bond donors (Lipinski definition) is 0. The van der Waals surface area contributed by atoms with Gasteiger partial charge in [0, 0.05) is 0 Å². The summed E-state index contributed by atoms with van der Waals surface area (Å²) in [6.45, 7) is 2.81. The van der Waals surface area contributed by atoms with Gasteiger partial charge in [0.15, 0.2) is 0 Å². The van der Waals surface area contributed by atoms with E-state index in [9.17, 15) is 9.59 Å². The van der Waals surface area contributed by atoms with Crippen LogP contribution in [0.1, 0.15) is 13.8 Å². The third-order valence-electron chi connectivity index (χ3n) is 0.498. The molecule has 0 unspecified atom stereocenters. The maximum Gasteiger partial charge on any atom is 0.284 e. The monoisotopic (exact) mass is 98.1 g/mol. The van der Waals surface area contributed by atoms with E-state index in [1.165, 1.54) is 13.8 Å². The van der Waals surface area contributed by atoms with E-state index < -0.39 is 0 Å². The summed E-state index contributed by atoms with van der Waals surface area (Å²) >= 11 is 0. The number of rotatable bonds is 2. The van der Waals surface area contributed by atoms with Crippen LogP contribution in [0.4, 0.5) is 0 Å². The second-order valence-corrected chi connectivity index (χ2v) is 1.58. The topological polar surface area (TPSA) is 34.1 Å². The highest BCUT2D eigenvalue weighted by molar-refractivity contribution is 6.96. The van der Waals surface area contributed by atoms with Gasteiger partial charge in [-0.05, 0) is 13.8 Å². The van der Waals surface area contributed by atoms with Crippen molar-refractivity contribution in [3.8, 4) is 0 Å². The van der Waals surface area contributed by atoms with Crippen LogP contribution in [-0.4, -0.2) is 18.6 Å². The molecule has 0 amide bonds. The Morgan fingerprint density at radius 3 is 1.43 bits per heavy atom. The van der Waals surface area contributed by atoms with Gasteiger partial charge in [-0.3, -0.25) is 0 Å². The summed E-state index contributed by atoms with van der Waals surface area (Å²) in [7, 11) is 0.0833. The molecule has 0 fully saturated rings. The van der Waals surface area contributed by atoms with Crippen molar-refractivity contribution in [2.45, 2.75) is 13.8 Å². The van der Waals surface area contributed by atoms with E-state index in [0.29, 0.717) is 0 Å². The molecule has 0 aliphatic heterocycles. The molecule has 3 heteroatoms. The minimum atomic E-state index is -0.0625. The molecule has 0 aliphatic rings. The Morgan fingerprint density at radius 2 is 1.43 bits per heavy atom. The van der Waals surface area contributed by atoms with Crippen LogP contribution in [-0.2, 0) is 9.59 Å². The van der Waals surface area contributed by atoms with Crippen molar-refractivity contribution in [1.82, 2.24) is 0 Å². The quantitative estimate of drug-likeness (QED) is 0.437. The fraction of sp³-hybridized carbons (Fsp3) is 0.500. The molecular formula is C4H7BO2. The van der Waals surface area contributed by atoms with Crippen LogP contribution < -0.4 is 0 Å². The maximum absolute atomic E-state index is 10.0. The molecule has 0 radical (unpaired) electrons. The molecule has 0 spiro atoms. The van der Waals surface area contributed by atoms with Gasteiger partial charge in [0.25, 0.3) is 7.28 Å². The van der Waals surface area contributed by atoms with Crippen molar-refractivity contribution in [3.05, 3.63) is 0 Å². The van der Waals surface area contributed by atoms with Gasteiger partial charge in [0.2, 0.25) is 0 Å². The van der Waals surface area contributed by atoms with E-state index in [2.05, 4.69) is 0 Å². The SMILES string of the molecule is CC(=O)BC(C)=O. The first-order chi connectivity index (χ1) is 3.13. The largest absolute Gasteiger partial charge is 0.311 e. The van der Waals surface area contributed by atoms with Gasteiger partial charge in [-0.1, -0.05) is 0 Å². The van der Waals surface area contributed by atoms with Gasteiger partial charge in [-0.2, -0.15) is 0 Å². The van der Waals surface area contributed by atoms with Crippen molar-refractivity contribution in [2.24, 2.45) is 0 Å². The molecule has 0 saturated heterocycles. The predicted molar refractivity (Wildman–Crippen MR) is 28.5 cm³/mol. The summed E-state index contributed by atoms with van der Waals surface area (Å²) in [4.78, 5) is 20.1. The third kappa shape index (κ3) is 5.40. The molecule has 0 saturated carbocycles. The Balaban J connectivity index is 3.32. The second kappa shape index (κ2) is 2.56. The molecule has 38 valence electrons. The molecule has 0 rings (SSSR count). The van der Waals surface area contributed by atoms with Gasteiger partial charge in [-0.15, -0.1) is 0 Å². The Labute approximate surface area is 43.1 Å². The minimum absolute atomic E-state index is 0.0625. The van der Waals surface area contributed by atoms with E-state index in [0.717, 1.165) is 0 Å². The van der Waals surface area contributed by atoms with Crippen LogP contribution in [0.2, 0.25) is 0 Å². The van der Waals surface area contributed by atoms with Gasteiger partial charge in [0.1, 0.15) is 0 Å². The predicted octanol–water partition coefficient (Wildman–Crippen LogP) is -0.484. The summed E-state index contributed by atoms with van der Waals surface area (Å²) in [5, 5.41) is 0. The van der Waals surface area contributed by atoms with Gasteiger partial charge >= 0.3 is 0 Å². The van der Waals surface area contributed by atoms with Gasteiger partial charge < -0.3 is 9.59 Å². The molecule has 0 aromatic heterocycles. The average Bonchev–Trinajstić information content (AvgIpc) is 1.27. The summed E-state index contributed by atoms with van der Waals surface area (Å²) < 4.78 is 0. The van der Waals surface area contributed by atoms with Crippen molar-refractivity contribution in [2.75, 3.05) is 0 Å². The number of carbonyl (C=O) groups is 2. The first-order valence-electron chi connectivity index (χ1n) is 2.12. The van der Waals surface area contributed by atoms with E-state index in [4.69, 9.17) is 0 Å². The smallest absolute Gasteiger partial charge is 0.284 e. The molecule has 0 aromatic carbocycles. The molecule has 0 bridgehead atoms. The fourth-order valence-electron chi connectivity index (χ4n) is 0.351.